The van der Waals surface area contributed by atoms with Crippen LogP contribution in [0.2, 0.25) is 0 Å². The molecule has 0 fully saturated rings. The monoisotopic (exact) mass is 466 g/mol. The van der Waals surface area contributed by atoms with Crippen molar-refractivity contribution in [3.63, 3.8) is 0 Å². The Morgan fingerprint density at radius 2 is 1.74 bits per heavy atom. The first-order valence-corrected chi connectivity index (χ1v) is 12.7. The molecular formula is C30H30N2OS. The smallest absolute Gasteiger partial charge is 0.259 e. The van der Waals surface area contributed by atoms with Crippen LogP contribution >= 0.6 is 11.3 Å². The Labute approximate surface area is 205 Å². The van der Waals surface area contributed by atoms with E-state index in [4.69, 9.17) is 4.99 Å². The molecular weight excluding hydrogens is 436 g/mol. The highest BCUT2D eigenvalue weighted by Crippen LogP contribution is 2.45. The van der Waals surface area contributed by atoms with E-state index in [0.717, 1.165) is 51.9 Å². The summed E-state index contributed by atoms with van der Waals surface area (Å²) in [6, 6.07) is 24.2. The molecule has 1 atom stereocenters. The van der Waals surface area contributed by atoms with Crippen LogP contribution in [0, 0.1) is 11.3 Å². The molecule has 1 heterocycles. The normalized spacial score (nSPS) is 16.0. The van der Waals surface area contributed by atoms with E-state index in [9.17, 15) is 4.79 Å². The summed E-state index contributed by atoms with van der Waals surface area (Å²) in [5, 5.41) is 6.18. The van der Waals surface area contributed by atoms with Gasteiger partial charge in [-0.1, -0.05) is 87.5 Å². The van der Waals surface area contributed by atoms with E-state index in [1.54, 1.807) is 11.3 Å². The summed E-state index contributed by atoms with van der Waals surface area (Å²) < 4.78 is 0. The SMILES string of the molecule is CC(C)(C)C1CCc2c(sc(/N=C/c3ccccc3)c2C(=O)Nc2cccc3ccccc23)C1. The molecule has 0 saturated carbocycles. The van der Waals surface area contributed by atoms with E-state index in [1.165, 1.54) is 10.4 Å². The van der Waals surface area contributed by atoms with Crippen LogP contribution in [0.5, 0.6) is 0 Å². The van der Waals surface area contributed by atoms with Crippen molar-refractivity contribution in [2.75, 3.05) is 5.32 Å². The first-order chi connectivity index (χ1) is 16.4. The molecule has 3 aromatic carbocycles. The quantitative estimate of drug-likeness (QED) is 0.304. The maximum atomic E-state index is 13.7. The van der Waals surface area contributed by atoms with Gasteiger partial charge in [0.2, 0.25) is 0 Å². The molecule has 1 amide bonds. The van der Waals surface area contributed by atoms with Gasteiger partial charge in [-0.25, -0.2) is 4.99 Å². The highest BCUT2D eigenvalue weighted by molar-refractivity contribution is 7.16. The number of carbonyl (C=O) groups excluding carboxylic acids is 1. The number of fused-ring (bicyclic) bond motifs is 2. The number of aliphatic imine (C=N–C) groups is 1. The van der Waals surface area contributed by atoms with Gasteiger partial charge in [-0.15, -0.1) is 11.3 Å². The van der Waals surface area contributed by atoms with Crippen molar-refractivity contribution >= 4 is 44.9 Å². The Hall–Kier alpha value is -3.24. The minimum Gasteiger partial charge on any atom is -0.321 e. The Balaban J connectivity index is 1.53. The number of carbonyl (C=O) groups is 1. The lowest BCUT2D eigenvalue weighted by molar-refractivity contribution is 0.102. The van der Waals surface area contributed by atoms with Crippen LogP contribution < -0.4 is 5.32 Å². The number of hydrogen-bond donors (Lipinski definition) is 1. The standard InChI is InChI=1S/C30H30N2OS/c1-30(2,3)22-16-17-24-26(18-22)34-29(31-19-20-10-5-4-6-11-20)27(24)28(33)32-25-15-9-13-21-12-7-8-14-23(21)25/h4-15,19,22H,16-18H2,1-3H3,(H,32,33)/b31-19+. The van der Waals surface area contributed by atoms with Gasteiger partial charge in [-0.05, 0) is 53.2 Å². The minimum atomic E-state index is -0.0664. The summed E-state index contributed by atoms with van der Waals surface area (Å²) in [7, 11) is 0. The molecule has 0 radical (unpaired) electrons. The molecule has 0 aliphatic heterocycles. The van der Waals surface area contributed by atoms with Crippen LogP contribution in [0.25, 0.3) is 10.8 Å². The van der Waals surface area contributed by atoms with Crippen LogP contribution in [-0.2, 0) is 12.8 Å². The van der Waals surface area contributed by atoms with Gasteiger partial charge in [0, 0.05) is 22.2 Å². The van der Waals surface area contributed by atoms with Crippen molar-refractivity contribution in [1.82, 2.24) is 0 Å². The third-order valence-corrected chi connectivity index (χ3v) is 8.03. The number of amides is 1. The summed E-state index contributed by atoms with van der Waals surface area (Å²) in [5.74, 6) is 0.543. The summed E-state index contributed by atoms with van der Waals surface area (Å²) in [6.07, 6.45) is 4.91. The van der Waals surface area contributed by atoms with Gasteiger partial charge >= 0.3 is 0 Å². The lowest BCUT2D eigenvalue weighted by Gasteiger charge is -2.33. The van der Waals surface area contributed by atoms with E-state index in [-0.39, 0.29) is 11.3 Å². The Bertz CT molecular complexity index is 1360. The largest absolute Gasteiger partial charge is 0.321 e. The zero-order valence-electron chi connectivity index (χ0n) is 20.0. The second-order valence-electron chi connectivity index (χ2n) is 10.1. The zero-order chi connectivity index (χ0) is 23.7. The summed E-state index contributed by atoms with van der Waals surface area (Å²) in [6.45, 7) is 6.95. The van der Waals surface area contributed by atoms with Gasteiger partial charge in [0.1, 0.15) is 5.00 Å². The number of nitrogens with one attached hydrogen (secondary N) is 1. The third kappa shape index (κ3) is 4.55. The second-order valence-corrected chi connectivity index (χ2v) is 11.2. The van der Waals surface area contributed by atoms with E-state index < -0.39 is 0 Å². The van der Waals surface area contributed by atoms with Crippen molar-refractivity contribution in [2.45, 2.75) is 40.0 Å². The van der Waals surface area contributed by atoms with Gasteiger partial charge < -0.3 is 5.32 Å². The fourth-order valence-corrected chi connectivity index (χ4v) is 6.10. The van der Waals surface area contributed by atoms with E-state index >= 15 is 0 Å². The number of nitrogens with zero attached hydrogens (tertiary/aromatic N) is 1. The summed E-state index contributed by atoms with van der Waals surface area (Å²) >= 11 is 1.68. The third-order valence-electron chi connectivity index (χ3n) is 6.87. The molecule has 1 aliphatic rings. The molecule has 0 saturated heterocycles. The molecule has 172 valence electrons. The molecule has 0 spiro atoms. The fourth-order valence-electron chi connectivity index (χ4n) is 4.83. The summed E-state index contributed by atoms with van der Waals surface area (Å²) in [5.41, 5.74) is 4.04. The van der Waals surface area contributed by atoms with Gasteiger partial charge in [0.15, 0.2) is 0 Å². The van der Waals surface area contributed by atoms with Crippen molar-refractivity contribution in [3.8, 4) is 0 Å². The average Bonchev–Trinajstić information content (AvgIpc) is 3.21. The van der Waals surface area contributed by atoms with Gasteiger partial charge in [0.05, 0.1) is 5.56 Å². The molecule has 5 rings (SSSR count). The van der Waals surface area contributed by atoms with Crippen LogP contribution in [-0.4, -0.2) is 12.1 Å². The average molecular weight is 467 g/mol. The van der Waals surface area contributed by atoms with Gasteiger partial charge in [-0.3, -0.25) is 4.79 Å². The zero-order valence-corrected chi connectivity index (χ0v) is 20.8. The van der Waals surface area contributed by atoms with Crippen molar-refractivity contribution in [2.24, 2.45) is 16.3 Å². The predicted molar refractivity (Wildman–Crippen MR) is 145 cm³/mol. The van der Waals surface area contributed by atoms with Gasteiger partial charge in [0.25, 0.3) is 5.91 Å². The Morgan fingerprint density at radius 1 is 1.00 bits per heavy atom. The Morgan fingerprint density at radius 3 is 2.53 bits per heavy atom. The topological polar surface area (TPSA) is 41.5 Å². The Kier molecular flexibility index (Phi) is 6.09. The highest BCUT2D eigenvalue weighted by Gasteiger charge is 2.33. The molecule has 1 unspecified atom stereocenters. The number of thiophene rings is 1. The van der Waals surface area contributed by atoms with Crippen LogP contribution in [0.3, 0.4) is 0 Å². The second kappa shape index (κ2) is 9.19. The number of benzene rings is 3. The maximum Gasteiger partial charge on any atom is 0.259 e. The predicted octanol–water partition coefficient (Wildman–Crippen LogP) is 8.06. The molecule has 4 heteroatoms. The lowest BCUT2D eigenvalue weighted by Crippen LogP contribution is -2.27. The van der Waals surface area contributed by atoms with Gasteiger partial charge in [-0.2, -0.15) is 0 Å². The number of rotatable bonds is 4. The van der Waals surface area contributed by atoms with E-state index in [1.807, 2.05) is 60.8 Å². The van der Waals surface area contributed by atoms with Crippen LogP contribution in [0.4, 0.5) is 10.7 Å². The fraction of sp³-hybridized carbons (Fsp3) is 0.267. The first-order valence-electron chi connectivity index (χ1n) is 11.9. The molecule has 1 aromatic heterocycles. The molecule has 3 nitrogen and oxygen atoms in total. The van der Waals surface area contributed by atoms with E-state index in [0.29, 0.717) is 5.92 Å². The van der Waals surface area contributed by atoms with E-state index in [2.05, 4.69) is 44.3 Å². The molecule has 1 N–H and O–H groups in total. The number of hydrogen-bond acceptors (Lipinski definition) is 3. The van der Waals surface area contributed by atoms with Crippen molar-refractivity contribution < 1.29 is 4.79 Å². The van der Waals surface area contributed by atoms with Crippen LogP contribution in [0.15, 0.2) is 77.8 Å². The number of anilines is 1. The van der Waals surface area contributed by atoms with Crippen molar-refractivity contribution in [3.05, 3.63) is 94.4 Å². The summed E-state index contributed by atoms with van der Waals surface area (Å²) in [4.78, 5) is 19.9. The maximum absolute atomic E-state index is 13.7. The lowest BCUT2D eigenvalue weighted by atomic mass is 9.72. The first kappa shape index (κ1) is 22.5. The molecule has 1 aliphatic carbocycles. The molecule has 34 heavy (non-hydrogen) atoms. The molecule has 4 aromatic rings. The minimum absolute atomic E-state index is 0.0664. The molecule has 0 bridgehead atoms. The highest BCUT2D eigenvalue weighted by atomic mass is 32.1. The van der Waals surface area contributed by atoms with Crippen LogP contribution in [0.1, 0.15) is 53.6 Å². The van der Waals surface area contributed by atoms with Crippen molar-refractivity contribution in [1.29, 1.82) is 0 Å².